The maximum Gasteiger partial charge on any atom is 0.262 e. The van der Waals surface area contributed by atoms with Gasteiger partial charge in [-0.25, -0.2) is 29.9 Å². The Morgan fingerprint density at radius 2 is 0.786 bits per heavy atom. The number of halogens is 3. The molecule has 0 unspecified atom stereocenters. The first-order valence-corrected chi connectivity index (χ1v) is 35.1. The third kappa shape index (κ3) is 26.0. The number of pyridine rings is 2. The number of hydrogen-bond donors (Lipinski definition) is 8. The molecule has 8 N–H and O–H groups in total. The molecule has 1 atom stereocenters. The average molecular weight is 1590 g/mol. The fourth-order valence-corrected chi connectivity index (χ4v) is 10.1. The summed E-state index contributed by atoms with van der Waals surface area (Å²) in [5.41, 5.74) is 4.86. The molecule has 0 spiro atoms. The van der Waals surface area contributed by atoms with Crippen molar-refractivity contribution in [3.8, 4) is 58.3 Å². The molecule has 0 radical (unpaired) electrons. The standard InChI is InChI=1S/C27H23N5O4.C19H16FN5O3.C19H15FN4O2.C18H20FN5O3/c1-3-24(33)29-19-11-8-14-22(16-19)36-26-23(25(34)30-18-9-5-4-6-10-18)17-28-27(32-26)31-20-12-7-13-21(15-20)35-2;1-3-16(26)23-12-5-4-6-14(9-12)28-18-15(20)11-22-19(25-18)24-13-7-8-17(27-2)21-10-13;1-2-17(25)22-14-9-6-10-15(11-14)26-18-16(20)12-21-19(24-18)23-13-7-4-3-5-8-13;1-3-16(25)24-8-4-5-13(11-24)27-17-14(19)10-21-18(23-17)22-12-6-7-15(26-2)20-9-12/h3-17H,1H2,2H3,(H,29,33)(H,30,34)(H,28,31,32);3-11H,1H2,2H3,(H,23,26)(H,22,24,25);2-12H,1H2,(H,22,25)(H,21,23,24);3,6-7,9-10,13H,1,4-5,8,11H2,2H3,(H,21,22,23)/t;;;13-/m...0/s1. The van der Waals surface area contributed by atoms with E-state index in [1.807, 2.05) is 66.7 Å². The van der Waals surface area contributed by atoms with Crippen LogP contribution in [0.5, 0.6) is 58.3 Å². The summed E-state index contributed by atoms with van der Waals surface area (Å²) in [5.74, 6) is -1.18. The molecule has 7 heterocycles. The molecule has 6 aromatic heterocycles. The third-order valence-corrected chi connectivity index (χ3v) is 15.6. The number of nitrogens with zero attached hydrogens (tertiary/aromatic N) is 11. The second-order valence-corrected chi connectivity index (χ2v) is 23.9. The maximum absolute atomic E-state index is 14.1. The van der Waals surface area contributed by atoms with Crippen molar-refractivity contribution in [1.82, 2.24) is 54.7 Å². The van der Waals surface area contributed by atoms with E-state index in [0.29, 0.717) is 88.3 Å². The van der Waals surface area contributed by atoms with Crippen LogP contribution in [-0.2, 0) is 19.2 Å². The van der Waals surface area contributed by atoms with Crippen molar-refractivity contribution < 1.29 is 70.3 Å². The first-order valence-electron chi connectivity index (χ1n) is 35.1. The van der Waals surface area contributed by atoms with E-state index in [0.717, 1.165) is 42.9 Å². The molecular weight excluding hydrogens is 1510 g/mol. The molecule has 117 heavy (non-hydrogen) atoms. The molecule has 0 bridgehead atoms. The Kier molecular flexibility index (Phi) is 30.1. The van der Waals surface area contributed by atoms with Crippen LogP contribution in [0.25, 0.3) is 0 Å². The molecule has 1 fully saturated rings. The Balaban J connectivity index is 0.000000166. The Labute approximate surface area is 667 Å². The molecule has 0 aliphatic carbocycles. The van der Waals surface area contributed by atoms with Crippen LogP contribution in [0.15, 0.2) is 270 Å². The molecule has 594 valence electrons. The van der Waals surface area contributed by atoms with E-state index in [4.69, 9.17) is 33.2 Å². The largest absolute Gasteiger partial charge is 0.497 e. The first-order chi connectivity index (χ1) is 56.8. The van der Waals surface area contributed by atoms with E-state index in [2.05, 4.69) is 119 Å². The van der Waals surface area contributed by atoms with Gasteiger partial charge in [0, 0.05) is 83.3 Å². The van der Waals surface area contributed by atoms with Crippen LogP contribution in [0.3, 0.4) is 0 Å². The van der Waals surface area contributed by atoms with Gasteiger partial charge in [-0.1, -0.05) is 87.0 Å². The Hall–Kier alpha value is -16.2. The van der Waals surface area contributed by atoms with Crippen LogP contribution in [0, 0.1) is 17.5 Å². The molecular formula is C83H74F3N19O12. The highest BCUT2D eigenvalue weighted by Gasteiger charge is 2.26. The van der Waals surface area contributed by atoms with Gasteiger partial charge in [-0.15, -0.1) is 0 Å². The molecule has 5 amide bonds. The monoisotopic (exact) mass is 1590 g/mol. The lowest BCUT2D eigenvalue weighted by molar-refractivity contribution is -0.128. The summed E-state index contributed by atoms with van der Waals surface area (Å²) in [6, 6.07) is 51.9. The topological polar surface area (TPSA) is 378 Å². The summed E-state index contributed by atoms with van der Waals surface area (Å²) in [7, 11) is 4.62. The molecule has 12 aromatic rings. The lowest BCUT2D eigenvalue weighted by atomic mass is 10.1. The van der Waals surface area contributed by atoms with Crippen molar-refractivity contribution in [2.75, 3.05) is 77.0 Å². The number of para-hydroxylation sites is 2. The van der Waals surface area contributed by atoms with E-state index < -0.39 is 23.4 Å². The molecule has 31 nitrogen and oxygen atoms in total. The van der Waals surface area contributed by atoms with Gasteiger partial charge in [0.15, 0.2) is 0 Å². The third-order valence-electron chi connectivity index (χ3n) is 15.6. The highest BCUT2D eigenvalue weighted by molar-refractivity contribution is 6.06. The van der Waals surface area contributed by atoms with Gasteiger partial charge in [0.1, 0.15) is 34.7 Å². The smallest absolute Gasteiger partial charge is 0.262 e. The van der Waals surface area contributed by atoms with Gasteiger partial charge in [-0.05, 0) is 122 Å². The maximum atomic E-state index is 14.1. The molecule has 34 heteroatoms. The molecule has 1 aliphatic rings. The van der Waals surface area contributed by atoms with Crippen molar-refractivity contribution in [2.24, 2.45) is 0 Å². The fraction of sp³-hybridized carbons (Fsp3) is 0.0964. The number of aromatic nitrogens is 10. The fourth-order valence-electron chi connectivity index (χ4n) is 10.1. The Morgan fingerprint density at radius 1 is 0.393 bits per heavy atom. The van der Waals surface area contributed by atoms with Gasteiger partial charge >= 0.3 is 0 Å². The highest BCUT2D eigenvalue weighted by atomic mass is 19.1. The number of methoxy groups -OCH3 is 3. The van der Waals surface area contributed by atoms with Crippen LogP contribution in [-0.4, -0.2) is 125 Å². The van der Waals surface area contributed by atoms with Gasteiger partial charge < -0.3 is 80.6 Å². The number of amides is 5. The van der Waals surface area contributed by atoms with E-state index in [9.17, 15) is 37.1 Å². The van der Waals surface area contributed by atoms with Gasteiger partial charge in [0.05, 0.1) is 70.2 Å². The summed E-state index contributed by atoms with van der Waals surface area (Å²) in [5, 5.41) is 22.6. The van der Waals surface area contributed by atoms with Crippen LogP contribution in [0.1, 0.15) is 23.2 Å². The Bertz CT molecular complexity index is 5460. The summed E-state index contributed by atoms with van der Waals surface area (Å²) in [6.07, 6.45) is 13.4. The number of piperidine rings is 1. The van der Waals surface area contributed by atoms with Crippen LogP contribution < -0.4 is 75.7 Å². The number of benzene rings is 6. The lowest BCUT2D eigenvalue weighted by Crippen LogP contribution is -2.43. The number of carbonyl (C=O) groups is 5. The molecule has 0 saturated carbocycles. The quantitative estimate of drug-likeness (QED) is 0.0211. The van der Waals surface area contributed by atoms with Gasteiger partial charge in [0.2, 0.25) is 82.5 Å². The number of rotatable bonds is 28. The number of likely N-dealkylation sites (tertiary alicyclic amines) is 1. The minimum absolute atomic E-state index is 0.0241. The zero-order chi connectivity index (χ0) is 82.8. The predicted molar refractivity (Wildman–Crippen MR) is 433 cm³/mol. The highest BCUT2D eigenvalue weighted by Crippen LogP contribution is 2.32. The van der Waals surface area contributed by atoms with E-state index in [-0.39, 0.29) is 88.4 Å². The SMILES string of the molecule is C=CC(=O)N1CCC[C@H](Oc2nc(Nc3ccc(OC)nc3)ncc2F)C1.C=CC(=O)Nc1cccc(Oc2nc(Nc3ccc(OC)nc3)ncc2F)c1.C=CC(=O)Nc1cccc(Oc2nc(Nc3cccc(OC)c3)ncc2C(=O)Nc2ccccc2)c1.C=CC(=O)Nc1cccc(Oc2nc(Nc3ccccc3)ncc2F)c1. The van der Waals surface area contributed by atoms with Gasteiger partial charge in [-0.2, -0.15) is 33.1 Å². The van der Waals surface area contributed by atoms with Crippen molar-refractivity contribution in [1.29, 1.82) is 0 Å². The number of hydrogen-bond acceptors (Lipinski definition) is 26. The molecule has 1 saturated heterocycles. The number of nitrogens with one attached hydrogen (secondary N) is 8. The Morgan fingerprint density at radius 3 is 1.23 bits per heavy atom. The van der Waals surface area contributed by atoms with Gasteiger partial charge in [-0.3, -0.25) is 24.0 Å². The van der Waals surface area contributed by atoms with Gasteiger partial charge in [0.25, 0.3) is 23.5 Å². The zero-order valence-corrected chi connectivity index (χ0v) is 62.8. The summed E-state index contributed by atoms with van der Waals surface area (Å²) in [4.78, 5) is 102. The molecule has 6 aromatic carbocycles. The second kappa shape index (κ2) is 42.3. The van der Waals surface area contributed by atoms with Crippen LogP contribution in [0.2, 0.25) is 0 Å². The minimum Gasteiger partial charge on any atom is -0.497 e. The minimum atomic E-state index is -0.737. The average Bonchev–Trinajstić information content (AvgIpc) is 0.828. The number of anilines is 12. The number of carbonyl (C=O) groups excluding carboxylic acids is 5. The van der Waals surface area contributed by atoms with E-state index in [1.165, 1.54) is 44.8 Å². The summed E-state index contributed by atoms with van der Waals surface area (Å²) >= 11 is 0. The van der Waals surface area contributed by atoms with Crippen molar-refractivity contribution in [3.05, 3.63) is 293 Å². The normalized spacial score (nSPS) is 11.6. The molecule has 13 rings (SSSR count). The molecule has 1 aliphatic heterocycles. The van der Waals surface area contributed by atoms with Crippen molar-refractivity contribution in [2.45, 2.75) is 18.9 Å². The lowest BCUT2D eigenvalue weighted by Gasteiger charge is -2.31. The zero-order valence-electron chi connectivity index (χ0n) is 62.8. The summed E-state index contributed by atoms with van der Waals surface area (Å²) in [6.45, 7) is 14.7. The van der Waals surface area contributed by atoms with Crippen LogP contribution >= 0.6 is 0 Å². The van der Waals surface area contributed by atoms with E-state index in [1.54, 1.807) is 127 Å². The number of ether oxygens (including phenoxy) is 7. The van der Waals surface area contributed by atoms with Crippen molar-refractivity contribution >= 4 is 98.8 Å². The van der Waals surface area contributed by atoms with E-state index >= 15 is 0 Å². The van der Waals surface area contributed by atoms with Crippen LogP contribution in [0.4, 0.5) is 82.5 Å². The first kappa shape index (κ1) is 83.3. The second-order valence-electron chi connectivity index (χ2n) is 23.9. The van der Waals surface area contributed by atoms with Crippen molar-refractivity contribution in [3.63, 3.8) is 0 Å². The summed E-state index contributed by atoms with van der Waals surface area (Å²) < 4.78 is 80.1. The predicted octanol–water partition coefficient (Wildman–Crippen LogP) is 15.7.